The van der Waals surface area contributed by atoms with Crippen molar-refractivity contribution < 1.29 is 14.0 Å². The highest BCUT2D eigenvalue weighted by molar-refractivity contribution is 6.31. The van der Waals surface area contributed by atoms with Gasteiger partial charge in [-0.1, -0.05) is 37.6 Å². The third-order valence-electron chi connectivity index (χ3n) is 11.3. The zero-order chi connectivity index (χ0) is 31.0. The summed E-state index contributed by atoms with van der Waals surface area (Å²) in [5, 5.41) is 19.1. The fraction of sp³-hybridized carbons (Fsp3) is 0.500. The van der Waals surface area contributed by atoms with Gasteiger partial charge in [0, 0.05) is 52.2 Å². The van der Waals surface area contributed by atoms with Gasteiger partial charge in [-0.2, -0.15) is 0 Å². The number of imidazole rings is 1. The van der Waals surface area contributed by atoms with Gasteiger partial charge in [-0.15, -0.1) is 10.2 Å². The lowest BCUT2D eigenvalue weighted by Crippen LogP contribution is -2.61. The van der Waals surface area contributed by atoms with E-state index in [0.717, 1.165) is 74.0 Å². The van der Waals surface area contributed by atoms with Crippen LogP contribution in [0.1, 0.15) is 94.2 Å². The van der Waals surface area contributed by atoms with Crippen molar-refractivity contribution in [2.45, 2.75) is 100 Å². The Kier molecular flexibility index (Phi) is 6.62. The Balaban J connectivity index is 1.23. The fourth-order valence-corrected chi connectivity index (χ4v) is 9.12. The molecule has 11 heteroatoms. The van der Waals surface area contributed by atoms with E-state index in [2.05, 4.69) is 40.0 Å². The van der Waals surface area contributed by atoms with E-state index in [-0.39, 0.29) is 29.2 Å². The lowest BCUT2D eigenvalue weighted by molar-refractivity contribution is -0.125. The number of hydrogen-bond donors (Lipinski definition) is 3. The van der Waals surface area contributed by atoms with Crippen LogP contribution in [0, 0.1) is 5.41 Å². The number of rotatable bonds is 4. The molecule has 1 saturated heterocycles. The summed E-state index contributed by atoms with van der Waals surface area (Å²) in [6, 6.07) is 10.9. The highest BCUT2D eigenvalue weighted by Crippen LogP contribution is 2.63. The van der Waals surface area contributed by atoms with E-state index < -0.39 is 22.9 Å². The Hall–Kier alpha value is -3.76. The Morgan fingerprint density at radius 3 is 2.64 bits per heavy atom. The second-order valence-corrected chi connectivity index (χ2v) is 14.7. The van der Waals surface area contributed by atoms with Gasteiger partial charge < -0.3 is 19.5 Å². The molecule has 0 unspecified atom stereocenters. The number of hydrogen-bond acceptors (Lipinski definition) is 7. The molecule has 0 bridgehead atoms. The third-order valence-corrected chi connectivity index (χ3v) is 11.5. The Morgan fingerprint density at radius 2 is 1.89 bits per heavy atom. The van der Waals surface area contributed by atoms with Crippen molar-refractivity contribution in [3.63, 3.8) is 0 Å². The molecule has 2 amide bonds. The lowest BCUT2D eigenvalue weighted by Gasteiger charge is -2.50. The summed E-state index contributed by atoms with van der Waals surface area (Å²) < 4.78 is 7.50. The first-order valence-electron chi connectivity index (χ1n) is 16.1. The van der Waals surface area contributed by atoms with Gasteiger partial charge in [-0.25, -0.2) is 4.98 Å². The van der Waals surface area contributed by atoms with Crippen LogP contribution in [0.15, 0.2) is 59.6 Å². The SMILES string of the molecule is CC1(C)CCC2(CC1)N[C@@H](C(=O)NC1CCC(c3nnco3)CC1)[C@H](c1cnc3ccccn13)[C@]21C(=O)Nc2cc(Cl)ccc21. The van der Waals surface area contributed by atoms with E-state index in [1.54, 1.807) is 0 Å². The van der Waals surface area contributed by atoms with Crippen molar-refractivity contribution in [2.24, 2.45) is 5.41 Å². The Bertz CT molecular complexity index is 1770. The molecule has 1 aromatic carbocycles. The van der Waals surface area contributed by atoms with Crippen LogP contribution in [-0.4, -0.2) is 49.0 Å². The van der Waals surface area contributed by atoms with Gasteiger partial charge in [0.25, 0.3) is 0 Å². The highest BCUT2D eigenvalue weighted by atomic mass is 35.5. The fourth-order valence-electron chi connectivity index (χ4n) is 8.95. The summed E-state index contributed by atoms with van der Waals surface area (Å²) in [6.07, 6.45) is 12.0. The van der Waals surface area contributed by atoms with Crippen molar-refractivity contribution in [1.29, 1.82) is 0 Å². The zero-order valence-corrected chi connectivity index (χ0v) is 26.3. The number of nitrogens with one attached hydrogen (secondary N) is 3. The van der Waals surface area contributed by atoms with Crippen LogP contribution in [0.4, 0.5) is 5.69 Å². The molecule has 5 heterocycles. The molecular weight excluding hydrogens is 590 g/mol. The largest absolute Gasteiger partial charge is 0.428 e. The number of amides is 2. The Morgan fingerprint density at radius 1 is 1.09 bits per heavy atom. The van der Waals surface area contributed by atoms with Crippen molar-refractivity contribution >= 4 is 34.7 Å². The maximum absolute atomic E-state index is 14.8. The van der Waals surface area contributed by atoms with Gasteiger partial charge in [-0.05, 0) is 86.6 Å². The summed E-state index contributed by atoms with van der Waals surface area (Å²) in [4.78, 5) is 34.2. The maximum Gasteiger partial charge on any atom is 0.238 e. The van der Waals surface area contributed by atoms with Gasteiger partial charge in [-0.3, -0.25) is 14.9 Å². The summed E-state index contributed by atoms with van der Waals surface area (Å²) in [6.45, 7) is 4.58. The summed E-state index contributed by atoms with van der Waals surface area (Å²) in [5.74, 6) is 0.189. The van der Waals surface area contributed by atoms with Crippen LogP contribution in [0.2, 0.25) is 5.02 Å². The van der Waals surface area contributed by atoms with Crippen molar-refractivity contribution in [3.05, 3.63) is 77.4 Å². The van der Waals surface area contributed by atoms with Crippen LogP contribution in [0.5, 0.6) is 0 Å². The predicted molar refractivity (Wildman–Crippen MR) is 169 cm³/mol. The second kappa shape index (κ2) is 10.4. The number of benzene rings is 1. The topological polar surface area (TPSA) is 126 Å². The van der Waals surface area contributed by atoms with Crippen molar-refractivity contribution in [3.8, 4) is 0 Å². The van der Waals surface area contributed by atoms with Gasteiger partial charge in [0.1, 0.15) is 11.1 Å². The van der Waals surface area contributed by atoms with E-state index in [1.807, 2.05) is 53.2 Å². The molecule has 45 heavy (non-hydrogen) atoms. The normalized spacial score (nSPS) is 30.1. The molecule has 4 aromatic rings. The molecule has 3 fully saturated rings. The minimum atomic E-state index is -1.05. The monoisotopic (exact) mass is 627 g/mol. The first kappa shape index (κ1) is 28.7. The van der Waals surface area contributed by atoms with Gasteiger partial charge in [0.2, 0.25) is 24.1 Å². The molecule has 0 radical (unpaired) electrons. The minimum Gasteiger partial charge on any atom is -0.428 e. The highest BCUT2D eigenvalue weighted by Gasteiger charge is 2.73. The predicted octanol–water partition coefficient (Wildman–Crippen LogP) is 5.50. The van der Waals surface area contributed by atoms with Crippen LogP contribution < -0.4 is 16.0 Å². The molecule has 3 N–H and O–H groups in total. The van der Waals surface area contributed by atoms with Crippen molar-refractivity contribution in [2.75, 3.05) is 5.32 Å². The molecule has 2 aliphatic heterocycles. The molecule has 4 aliphatic rings. The molecule has 2 aliphatic carbocycles. The molecule has 8 rings (SSSR count). The minimum absolute atomic E-state index is 0.0163. The molecular formula is C34H38ClN7O3. The van der Waals surface area contributed by atoms with E-state index in [0.29, 0.717) is 10.9 Å². The van der Waals surface area contributed by atoms with Crippen molar-refractivity contribution in [1.82, 2.24) is 30.2 Å². The summed E-state index contributed by atoms with van der Waals surface area (Å²) in [7, 11) is 0. The number of nitrogens with zero attached hydrogens (tertiary/aromatic N) is 4. The molecule has 234 valence electrons. The van der Waals surface area contributed by atoms with Crippen LogP contribution in [0.25, 0.3) is 5.65 Å². The standard InChI is InChI=1S/C34H38ClN7O3/c1-32(2)12-14-33(15-13-32)34(23-11-8-21(35)17-24(23)39-31(34)44)27(25-18-36-26-5-3-4-16-42(25)26)28(40-33)29(43)38-22-9-6-20(7-10-22)30-41-37-19-45-30/h3-5,8,11,16-20,22,27-28,40H,6-7,9-10,12-15H2,1-2H3,(H,38,43)(H,39,44)/t20?,22?,27-,28+,34+/m0/s1. The van der Waals surface area contributed by atoms with Crippen LogP contribution in [0.3, 0.4) is 0 Å². The first-order valence-corrected chi connectivity index (χ1v) is 16.5. The first-order chi connectivity index (χ1) is 21.7. The number of pyridine rings is 1. The number of halogens is 1. The van der Waals surface area contributed by atoms with Gasteiger partial charge >= 0.3 is 0 Å². The van der Waals surface area contributed by atoms with Crippen LogP contribution in [-0.2, 0) is 15.0 Å². The molecule has 3 aromatic heterocycles. The van der Waals surface area contributed by atoms with Crippen LogP contribution >= 0.6 is 11.6 Å². The molecule has 10 nitrogen and oxygen atoms in total. The summed E-state index contributed by atoms with van der Waals surface area (Å²) >= 11 is 6.47. The maximum atomic E-state index is 14.8. The third kappa shape index (κ3) is 4.35. The number of fused-ring (bicyclic) bond motifs is 4. The van der Waals surface area contributed by atoms with E-state index >= 15 is 0 Å². The van der Waals surface area contributed by atoms with E-state index in [4.69, 9.17) is 21.0 Å². The lowest BCUT2D eigenvalue weighted by atomic mass is 9.54. The molecule has 2 spiro atoms. The molecule has 2 saturated carbocycles. The Labute approximate surface area is 266 Å². The smallest absolute Gasteiger partial charge is 0.238 e. The van der Waals surface area contributed by atoms with Gasteiger partial charge in [0.05, 0.1) is 6.04 Å². The van der Waals surface area contributed by atoms with E-state index in [1.165, 1.54) is 6.39 Å². The van der Waals surface area contributed by atoms with E-state index in [9.17, 15) is 9.59 Å². The number of carbonyl (C=O) groups excluding carboxylic acids is 2. The average Bonchev–Trinajstić information content (AvgIpc) is 3.81. The summed E-state index contributed by atoms with van der Waals surface area (Å²) in [5.41, 5.74) is 1.69. The average molecular weight is 628 g/mol. The number of aromatic nitrogens is 4. The van der Waals surface area contributed by atoms with Gasteiger partial charge in [0.15, 0.2) is 0 Å². The number of anilines is 1. The molecule has 3 atom stereocenters. The second-order valence-electron chi connectivity index (χ2n) is 14.2. The zero-order valence-electron chi connectivity index (χ0n) is 25.6. The quantitative estimate of drug-likeness (QED) is 0.273. The number of carbonyl (C=O) groups is 2.